The van der Waals surface area contributed by atoms with Crippen LogP contribution >= 0.6 is 0 Å². The summed E-state index contributed by atoms with van der Waals surface area (Å²) in [6.45, 7) is 1.06. The molecule has 140 valence electrons. The average Bonchev–Trinajstić information content (AvgIpc) is 2.66. The SMILES string of the molecule is COC(=O)c1ccc(C(=O)OCC(=O)Nc2ccc(C)cc2[N+](=O)[O-])cc1. The summed E-state index contributed by atoms with van der Waals surface area (Å²) in [6.07, 6.45) is 0. The quantitative estimate of drug-likeness (QED) is 0.469. The van der Waals surface area contributed by atoms with Crippen LogP contribution in [0.25, 0.3) is 0 Å². The average molecular weight is 372 g/mol. The maximum absolute atomic E-state index is 11.9. The van der Waals surface area contributed by atoms with Gasteiger partial charge in [0, 0.05) is 6.07 Å². The molecule has 1 amide bonds. The van der Waals surface area contributed by atoms with Crippen molar-refractivity contribution < 1.29 is 28.8 Å². The van der Waals surface area contributed by atoms with Crippen molar-refractivity contribution in [1.82, 2.24) is 0 Å². The zero-order valence-corrected chi connectivity index (χ0v) is 14.6. The fourth-order valence-corrected chi connectivity index (χ4v) is 2.16. The molecule has 0 atom stereocenters. The maximum atomic E-state index is 11.9. The second-order valence-corrected chi connectivity index (χ2v) is 5.47. The molecular weight excluding hydrogens is 356 g/mol. The molecule has 0 aliphatic carbocycles. The van der Waals surface area contributed by atoms with E-state index in [9.17, 15) is 24.5 Å². The van der Waals surface area contributed by atoms with E-state index < -0.39 is 29.4 Å². The summed E-state index contributed by atoms with van der Waals surface area (Å²) in [4.78, 5) is 45.6. The van der Waals surface area contributed by atoms with Crippen molar-refractivity contribution in [2.45, 2.75) is 6.92 Å². The predicted molar refractivity (Wildman–Crippen MR) is 94.5 cm³/mol. The van der Waals surface area contributed by atoms with Gasteiger partial charge in [0.05, 0.1) is 23.2 Å². The molecule has 0 radical (unpaired) electrons. The van der Waals surface area contributed by atoms with Gasteiger partial charge in [-0.05, 0) is 42.8 Å². The van der Waals surface area contributed by atoms with E-state index >= 15 is 0 Å². The first kappa shape index (κ1) is 19.6. The summed E-state index contributed by atoms with van der Waals surface area (Å²) in [5.41, 5.74) is 0.818. The largest absolute Gasteiger partial charge is 0.465 e. The fourth-order valence-electron chi connectivity index (χ4n) is 2.16. The number of amides is 1. The van der Waals surface area contributed by atoms with Crippen LogP contribution in [0.15, 0.2) is 42.5 Å². The number of nitrogens with one attached hydrogen (secondary N) is 1. The summed E-state index contributed by atoms with van der Waals surface area (Å²) < 4.78 is 9.43. The van der Waals surface area contributed by atoms with Gasteiger partial charge in [-0.25, -0.2) is 9.59 Å². The number of methoxy groups -OCH3 is 1. The number of esters is 2. The Morgan fingerprint density at radius 1 is 1.04 bits per heavy atom. The van der Waals surface area contributed by atoms with E-state index in [-0.39, 0.29) is 22.5 Å². The molecule has 0 saturated carbocycles. The Morgan fingerprint density at radius 2 is 1.63 bits per heavy atom. The molecule has 0 bridgehead atoms. The van der Waals surface area contributed by atoms with Gasteiger partial charge in [-0.2, -0.15) is 0 Å². The number of ether oxygens (including phenoxy) is 2. The molecule has 0 spiro atoms. The Morgan fingerprint density at radius 3 is 2.19 bits per heavy atom. The molecular formula is C18H16N2O7. The molecule has 0 aliphatic heterocycles. The van der Waals surface area contributed by atoms with Gasteiger partial charge in [0.25, 0.3) is 11.6 Å². The lowest BCUT2D eigenvalue weighted by Gasteiger charge is -2.08. The number of hydrogen-bond donors (Lipinski definition) is 1. The number of nitro benzene ring substituents is 1. The van der Waals surface area contributed by atoms with Crippen LogP contribution in [0.1, 0.15) is 26.3 Å². The predicted octanol–water partition coefficient (Wildman–Crippen LogP) is 2.49. The molecule has 0 unspecified atom stereocenters. The molecule has 9 nitrogen and oxygen atoms in total. The van der Waals surface area contributed by atoms with E-state index in [4.69, 9.17) is 4.74 Å². The van der Waals surface area contributed by atoms with E-state index in [0.29, 0.717) is 5.56 Å². The van der Waals surface area contributed by atoms with Crippen LogP contribution in [0.5, 0.6) is 0 Å². The Labute approximate surface area is 154 Å². The van der Waals surface area contributed by atoms with Crippen LogP contribution in [-0.2, 0) is 14.3 Å². The Kier molecular flexibility index (Phi) is 6.21. The summed E-state index contributed by atoms with van der Waals surface area (Å²) >= 11 is 0. The van der Waals surface area contributed by atoms with Gasteiger partial charge >= 0.3 is 11.9 Å². The number of rotatable bonds is 6. The summed E-state index contributed by atoms with van der Waals surface area (Å²) in [5, 5.41) is 13.4. The van der Waals surface area contributed by atoms with Crippen LogP contribution in [0.4, 0.5) is 11.4 Å². The van der Waals surface area contributed by atoms with Gasteiger partial charge in [0.1, 0.15) is 5.69 Å². The number of nitro groups is 1. The van der Waals surface area contributed by atoms with E-state index in [1.807, 2.05) is 0 Å². The molecule has 0 heterocycles. The minimum Gasteiger partial charge on any atom is -0.465 e. The lowest BCUT2D eigenvalue weighted by atomic mass is 10.1. The number of carbonyl (C=O) groups is 3. The Bertz CT molecular complexity index is 891. The van der Waals surface area contributed by atoms with Crippen LogP contribution in [0.2, 0.25) is 0 Å². The Hall–Kier alpha value is -3.75. The third-order valence-corrected chi connectivity index (χ3v) is 3.50. The molecule has 9 heteroatoms. The van der Waals surface area contributed by atoms with Gasteiger partial charge in [-0.3, -0.25) is 14.9 Å². The first-order valence-electron chi connectivity index (χ1n) is 7.72. The van der Waals surface area contributed by atoms with Crippen LogP contribution in [0.3, 0.4) is 0 Å². The van der Waals surface area contributed by atoms with E-state index in [1.54, 1.807) is 13.0 Å². The molecule has 27 heavy (non-hydrogen) atoms. The molecule has 2 rings (SSSR count). The zero-order valence-electron chi connectivity index (χ0n) is 14.6. The van der Waals surface area contributed by atoms with E-state index in [0.717, 1.165) is 0 Å². The van der Waals surface area contributed by atoms with Crippen LogP contribution in [0, 0.1) is 17.0 Å². The van der Waals surface area contributed by atoms with Crippen molar-refractivity contribution in [3.05, 3.63) is 69.3 Å². The number of benzene rings is 2. The number of anilines is 1. The van der Waals surface area contributed by atoms with Gasteiger partial charge in [0.15, 0.2) is 6.61 Å². The normalized spacial score (nSPS) is 10.0. The van der Waals surface area contributed by atoms with Crippen molar-refractivity contribution in [1.29, 1.82) is 0 Å². The van der Waals surface area contributed by atoms with E-state index in [1.165, 1.54) is 43.5 Å². The highest BCUT2D eigenvalue weighted by Crippen LogP contribution is 2.25. The first-order valence-corrected chi connectivity index (χ1v) is 7.72. The van der Waals surface area contributed by atoms with Gasteiger partial charge in [-0.1, -0.05) is 6.07 Å². The highest BCUT2D eigenvalue weighted by atomic mass is 16.6. The minimum atomic E-state index is -0.778. The van der Waals surface area contributed by atoms with Crippen molar-refractivity contribution in [3.63, 3.8) is 0 Å². The monoisotopic (exact) mass is 372 g/mol. The van der Waals surface area contributed by atoms with E-state index in [2.05, 4.69) is 10.1 Å². The third kappa shape index (κ3) is 5.11. The summed E-state index contributed by atoms with van der Waals surface area (Å²) in [6, 6.07) is 9.83. The molecule has 1 N–H and O–H groups in total. The first-order chi connectivity index (χ1) is 12.8. The van der Waals surface area contributed by atoms with Gasteiger partial charge < -0.3 is 14.8 Å². The van der Waals surface area contributed by atoms with Crippen LogP contribution in [-0.4, -0.2) is 36.5 Å². The number of carbonyl (C=O) groups excluding carboxylic acids is 3. The minimum absolute atomic E-state index is 0.00841. The number of hydrogen-bond acceptors (Lipinski definition) is 7. The molecule has 2 aromatic rings. The number of aryl methyl sites for hydroxylation is 1. The topological polar surface area (TPSA) is 125 Å². The second-order valence-electron chi connectivity index (χ2n) is 5.47. The van der Waals surface area contributed by atoms with Crippen molar-refractivity contribution in [3.8, 4) is 0 Å². The van der Waals surface area contributed by atoms with Gasteiger partial charge in [0.2, 0.25) is 0 Å². The summed E-state index contributed by atoms with van der Waals surface area (Å²) in [7, 11) is 1.24. The molecule has 0 saturated heterocycles. The molecule has 0 aliphatic rings. The van der Waals surface area contributed by atoms with Crippen molar-refractivity contribution in [2.75, 3.05) is 19.0 Å². The maximum Gasteiger partial charge on any atom is 0.338 e. The van der Waals surface area contributed by atoms with Crippen molar-refractivity contribution in [2.24, 2.45) is 0 Å². The molecule has 0 fully saturated rings. The highest BCUT2D eigenvalue weighted by Gasteiger charge is 2.17. The van der Waals surface area contributed by atoms with Crippen molar-refractivity contribution >= 4 is 29.2 Å². The molecule has 0 aromatic heterocycles. The van der Waals surface area contributed by atoms with Crippen LogP contribution < -0.4 is 5.32 Å². The smallest absolute Gasteiger partial charge is 0.338 e. The number of nitrogens with zero attached hydrogens (tertiary/aromatic N) is 1. The third-order valence-electron chi connectivity index (χ3n) is 3.50. The lowest BCUT2D eigenvalue weighted by Crippen LogP contribution is -2.21. The zero-order chi connectivity index (χ0) is 20.0. The second kappa shape index (κ2) is 8.56. The lowest BCUT2D eigenvalue weighted by molar-refractivity contribution is -0.384. The highest BCUT2D eigenvalue weighted by molar-refractivity contribution is 5.97. The van der Waals surface area contributed by atoms with Gasteiger partial charge in [-0.15, -0.1) is 0 Å². The molecule has 2 aromatic carbocycles. The Balaban J connectivity index is 1.96. The standard InChI is InChI=1S/C18H16N2O7/c1-11-3-8-14(15(9-11)20(24)25)19-16(21)10-27-18(23)13-6-4-12(5-7-13)17(22)26-2/h3-9H,10H2,1-2H3,(H,19,21). The summed E-state index contributed by atoms with van der Waals surface area (Å²) in [5.74, 6) is -2.05. The fraction of sp³-hybridized carbons (Fsp3) is 0.167.